The number of carbonyl (C=O) groups excluding carboxylic acids is 3. The van der Waals surface area contributed by atoms with E-state index in [0.717, 1.165) is 130 Å². The third-order valence-corrected chi connectivity index (χ3v) is 27.5. The summed E-state index contributed by atoms with van der Waals surface area (Å²) in [6.07, 6.45) is 87.1. The van der Waals surface area contributed by atoms with E-state index < -0.39 is 5.97 Å². The first-order valence-electron chi connectivity index (χ1n) is 51.7. The lowest BCUT2D eigenvalue weighted by molar-refractivity contribution is -0.119. The van der Waals surface area contributed by atoms with Gasteiger partial charge in [0.1, 0.15) is 29.3 Å². The van der Waals surface area contributed by atoms with Crippen molar-refractivity contribution in [1.82, 2.24) is 0 Å². The van der Waals surface area contributed by atoms with Gasteiger partial charge in [0.2, 0.25) is 0 Å². The molecule has 0 radical (unpaired) electrons. The molecule has 0 spiro atoms. The predicted octanol–water partition coefficient (Wildman–Crippen LogP) is 34.4. The Balaban J connectivity index is 0.000000327. The molecule has 0 bridgehead atoms. The number of unbranched alkanes of at least 4 members (excludes halogenated alkanes) is 2. The van der Waals surface area contributed by atoms with Gasteiger partial charge in [-0.3, -0.25) is 9.59 Å². The first-order chi connectivity index (χ1) is 63.3. The number of aliphatic hydroxyl groups excluding tert-OH is 1. The zero-order chi connectivity index (χ0) is 97.1. The summed E-state index contributed by atoms with van der Waals surface area (Å²) >= 11 is 0. The summed E-state index contributed by atoms with van der Waals surface area (Å²) in [4.78, 5) is 44.4. The van der Waals surface area contributed by atoms with Crippen LogP contribution >= 0.6 is 0 Å². The highest BCUT2D eigenvalue weighted by Gasteiger charge is 2.22. The fraction of sp³-hybridized carbons (Fsp3) is 0.545. The summed E-state index contributed by atoms with van der Waals surface area (Å²) in [5.74, 6) is 5.78. The number of hydrogen-bond donors (Lipinski definition) is 5. The summed E-state index contributed by atoms with van der Waals surface area (Å²) in [7, 11) is 0. The van der Waals surface area contributed by atoms with E-state index in [1.54, 1.807) is 70.2 Å². The number of carboxylic acid groups (broad SMARTS) is 1. The van der Waals surface area contributed by atoms with Gasteiger partial charge in [-0.25, -0.2) is 4.79 Å². The number of aryl methyl sites for hydroxylation is 2. The molecule has 0 saturated carbocycles. The largest absolute Gasteiger partial charge is 0.508 e. The van der Waals surface area contributed by atoms with Gasteiger partial charge < -0.3 is 30.3 Å². The smallest absolute Gasteiger partial charge is 0.335 e. The van der Waals surface area contributed by atoms with Gasteiger partial charge in [0.25, 0.3) is 0 Å². The Morgan fingerprint density at radius 2 is 1.24 bits per heavy atom. The van der Waals surface area contributed by atoms with Crippen LogP contribution in [0.4, 0.5) is 0 Å². The first kappa shape index (κ1) is 115. The highest BCUT2D eigenvalue weighted by Crippen LogP contribution is 2.37. The Hall–Kier alpha value is -8.92. The van der Waals surface area contributed by atoms with E-state index in [-0.39, 0.29) is 23.2 Å². The number of carbonyl (C=O) groups is 4. The molecule has 10 unspecified atom stereocenters. The number of aromatic hydroxyl groups is 3. The Morgan fingerprint density at radius 1 is 0.576 bits per heavy atom. The Labute approximate surface area is 804 Å². The number of phenols is 3. The third-order valence-electron chi connectivity index (χ3n) is 27.5. The molecule has 0 fully saturated rings. The maximum absolute atomic E-state index is 11.5. The summed E-state index contributed by atoms with van der Waals surface area (Å²) < 4.78 is 0. The molecule has 5 N–H and O–H groups in total. The maximum Gasteiger partial charge on any atom is 0.335 e. The lowest BCUT2D eigenvalue weighted by Gasteiger charge is -2.22. The number of benzene rings is 3. The van der Waals surface area contributed by atoms with E-state index in [0.29, 0.717) is 77.6 Å². The molecular weight excluding hydrogens is 1620 g/mol. The second-order valence-electron chi connectivity index (χ2n) is 39.4. The molecule has 9 heteroatoms. The van der Waals surface area contributed by atoms with Gasteiger partial charge in [-0.1, -0.05) is 318 Å². The number of aldehydes is 1. The number of aromatic carboxylic acids is 1. The van der Waals surface area contributed by atoms with Gasteiger partial charge in [-0.15, -0.1) is 0 Å². The van der Waals surface area contributed by atoms with Crippen LogP contribution in [0.3, 0.4) is 0 Å². The zero-order valence-electron chi connectivity index (χ0n) is 85.7. The predicted molar refractivity (Wildman–Crippen MR) is 566 cm³/mol. The quantitative estimate of drug-likeness (QED) is 0.0122. The van der Waals surface area contributed by atoms with Gasteiger partial charge in [-0.05, 0) is 374 Å². The molecule has 10 rings (SSSR count). The topological polar surface area (TPSA) is 169 Å². The molecule has 132 heavy (non-hydrogen) atoms. The number of rotatable bonds is 45. The summed E-state index contributed by atoms with van der Waals surface area (Å²) in [5.41, 5.74) is 23.3. The van der Waals surface area contributed by atoms with E-state index in [2.05, 4.69) is 215 Å². The van der Waals surface area contributed by atoms with Crippen molar-refractivity contribution in [3.8, 4) is 17.2 Å². The van der Waals surface area contributed by atoms with Crippen molar-refractivity contribution < 1.29 is 44.7 Å². The van der Waals surface area contributed by atoms with Crippen molar-refractivity contribution in [2.45, 2.75) is 381 Å². The van der Waals surface area contributed by atoms with Crippen molar-refractivity contribution in [1.29, 1.82) is 0 Å². The van der Waals surface area contributed by atoms with Crippen molar-refractivity contribution in [2.75, 3.05) is 0 Å². The molecule has 0 heterocycles. The number of hydrogen-bond acceptors (Lipinski definition) is 8. The van der Waals surface area contributed by atoms with Crippen LogP contribution in [0.25, 0.3) is 0 Å². The van der Waals surface area contributed by atoms with Gasteiger partial charge in [0.15, 0.2) is 5.78 Å². The molecular formula is C123H180O9. The fourth-order valence-corrected chi connectivity index (χ4v) is 18.8. The molecule has 0 saturated heterocycles. The average Bonchev–Trinajstić information content (AvgIpc) is 0.847. The number of allylic oxidation sites excluding steroid dienone is 30. The van der Waals surface area contributed by atoms with Gasteiger partial charge in [-0.2, -0.15) is 0 Å². The second-order valence-corrected chi connectivity index (χ2v) is 39.4. The lowest BCUT2D eigenvalue weighted by Crippen LogP contribution is -2.11. The number of para-hydroxylation sites is 1. The van der Waals surface area contributed by atoms with Crippen LogP contribution in [0, 0.1) is 60.2 Å². The molecule has 726 valence electrons. The fourth-order valence-electron chi connectivity index (χ4n) is 18.8. The summed E-state index contributed by atoms with van der Waals surface area (Å²) in [6.45, 7) is 45.3. The molecule has 3 aromatic carbocycles. The van der Waals surface area contributed by atoms with Crippen LogP contribution in [-0.2, 0) is 33.6 Å². The summed E-state index contributed by atoms with van der Waals surface area (Å²) in [5, 5.41) is 47.8. The maximum atomic E-state index is 11.5. The lowest BCUT2D eigenvalue weighted by atomic mass is 9.84. The molecule has 0 aliphatic heterocycles. The monoisotopic (exact) mass is 1800 g/mol. The number of phenolic OH excluding ortho intramolecular Hbond substituents is 3. The highest BCUT2D eigenvalue weighted by molar-refractivity contribution is 5.90. The van der Waals surface area contributed by atoms with Crippen LogP contribution in [0.2, 0.25) is 0 Å². The van der Waals surface area contributed by atoms with Crippen molar-refractivity contribution in [2.24, 2.45) is 53.3 Å². The van der Waals surface area contributed by atoms with Crippen LogP contribution in [0.15, 0.2) is 262 Å². The molecule has 3 aromatic rings. The molecule has 10 atom stereocenters. The highest BCUT2D eigenvalue weighted by atomic mass is 16.4. The van der Waals surface area contributed by atoms with Gasteiger partial charge in [0.05, 0.1) is 11.7 Å². The molecule has 0 aromatic heterocycles. The molecule has 0 amide bonds. The number of aliphatic hydroxyl groups is 1. The average molecular weight is 1800 g/mol. The molecule has 7 aliphatic carbocycles. The number of carboxylic acids is 1. The summed E-state index contributed by atoms with van der Waals surface area (Å²) in [6, 6.07) is 17.8. The van der Waals surface area contributed by atoms with E-state index in [1.165, 1.54) is 200 Å². The second kappa shape index (κ2) is 67.3. The minimum absolute atomic E-state index is 0.0873. The Morgan fingerprint density at radius 3 is 1.87 bits per heavy atom. The number of Topliss-reactive ketones (excluding diaryl/α,β-unsaturated/α-hetero) is 1. The van der Waals surface area contributed by atoms with E-state index in [9.17, 15) is 44.7 Å². The van der Waals surface area contributed by atoms with Crippen molar-refractivity contribution >= 4 is 23.8 Å². The Bertz CT molecular complexity index is 4490. The normalized spacial score (nSPS) is 18.9. The van der Waals surface area contributed by atoms with Gasteiger partial charge >= 0.3 is 5.97 Å². The zero-order valence-corrected chi connectivity index (χ0v) is 85.7. The van der Waals surface area contributed by atoms with Crippen LogP contribution in [0.1, 0.15) is 381 Å². The molecule has 9 nitrogen and oxygen atoms in total. The SMILES string of the molecule is C=C(/C=C\CC=O)C(C)CCC(C)Cc1cc(O)ccc1C(=O)O.C=C/C(=C\C(C)=O)C(CC)CCCCC1=CC(C)CC(C)=C1C.CCC(CCCC1=CC(C)CC=C1)CC1=C(C)CCC(C)=C1.CCC(CCCC1=CC(O)CC=C1)Cc1ccccc1O.CCC(CCCC1C=CCC(=O)C1)CC1=CCCC=C1C.CCCC1=CCCC=C1.CCCCc1cc(C)ccc1O. The molecule has 7 aliphatic rings. The van der Waals surface area contributed by atoms with E-state index in [4.69, 9.17) is 0 Å². The van der Waals surface area contributed by atoms with Crippen molar-refractivity contribution in [3.05, 3.63) is 290 Å². The first-order valence-corrected chi connectivity index (χ1v) is 51.7. The van der Waals surface area contributed by atoms with E-state index >= 15 is 0 Å². The van der Waals surface area contributed by atoms with Crippen LogP contribution < -0.4 is 0 Å². The van der Waals surface area contributed by atoms with Crippen molar-refractivity contribution in [3.63, 3.8) is 0 Å². The third kappa shape index (κ3) is 48.3. The minimum Gasteiger partial charge on any atom is -0.508 e. The van der Waals surface area contributed by atoms with Gasteiger partial charge in [0, 0.05) is 19.3 Å². The van der Waals surface area contributed by atoms with Crippen LogP contribution in [-0.4, -0.2) is 55.5 Å². The van der Waals surface area contributed by atoms with E-state index in [1.807, 2.05) is 42.5 Å². The minimum atomic E-state index is -0.973. The standard InChI is InChI=1S/C22H34O.C22H34.C20H26O4.C20H30O.C19H26O2.C11H16O.C9H14/c1-7-20(21(8-2)15-18(5)23)11-9-10-12-22-14-16(3)13-17(4)19(22)6;1-5-20(16-22-15-18(3)12-13-19(22)4)9-7-11-21-10-6-8-17(2)14-21;1-14(7-8-16(3)15(2)6-4-5-11-21)12-17-13-18(22)9-10-19(17)20(23)24;1-3-17(14-19-12-5-4-8-16(19)2)9-6-10-18-11-7-13-20(21)15-18;1-2-15(13-17-10-3-4-12-19(17)21)7-5-8-16-9-6-11-18(20)14-16;1-3-4-5-10-8-9(2)6-7-11(10)12;1-2-6-9-7-4-3-5-8-9/h8,14-16,20H,2,7,9-13H2,1,3-6H3;6,10,14-15,17,20H,5,7-9,11-13,16H2,1-4H3;4,6,9-11,13-14,16,22H,2,5,7-8,12H2,1,3H3,(H,23,24);7-8,11-12,17-18H,3-6,9-10,13-15H2,1-2H3;3-4,6,9-10,12,14-15,18,20-21H,2,5,7-8,11,13H2,1H3;6-8,12H,3-5H2,1-2H3;4,7-8H,2-3,5-6H2,1H3/b21-15+;;6-4-;;;;. The van der Waals surface area contributed by atoms with Crippen LogP contribution in [0.5, 0.6) is 17.2 Å². The Kier molecular flexibility index (Phi) is 58.8. The number of ketones is 2.